The normalized spacial score (nSPS) is 18.2. The zero-order chi connectivity index (χ0) is 20.6. The fourth-order valence-corrected chi connectivity index (χ4v) is 5.30. The molecule has 1 aliphatic heterocycles. The van der Waals surface area contributed by atoms with Crippen LogP contribution >= 0.6 is 11.3 Å². The van der Waals surface area contributed by atoms with Gasteiger partial charge in [0.05, 0.1) is 12.8 Å². The summed E-state index contributed by atoms with van der Waals surface area (Å²) in [6, 6.07) is 9.75. The van der Waals surface area contributed by atoms with E-state index in [2.05, 4.69) is 5.10 Å². The Hall–Kier alpha value is -2.30. The van der Waals surface area contributed by atoms with Gasteiger partial charge in [-0.15, -0.1) is 11.3 Å². The van der Waals surface area contributed by atoms with Crippen LogP contribution in [0.4, 0.5) is 4.39 Å². The second-order valence-corrected chi connectivity index (χ2v) is 10.1. The van der Waals surface area contributed by atoms with Crippen LogP contribution in [0.1, 0.15) is 30.1 Å². The van der Waals surface area contributed by atoms with Crippen LogP contribution in [-0.4, -0.2) is 46.4 Å². The number of sulfonamides is 1. The van der Waals surface area contributed by atoms with Crippen LogP contribution in [-0.2, 0) is 16.6 Å². The third-order valence-corrected chi connectivity index (χ3v) is 7.15. The van der Waals surface area contributed by atoms with Crippen LogP contribution in [0.15, 0.2) is 46.6 Å². The van der Waals surface area contributed by atoms with Gasteiger partial charge in [0, 0.05) is 19.0 Å². The maximum atomic E-state index is 13.6. The van der Waals surface area contributed by atoms with Gasteiger partial charge in [0.2, 0.25) is 10.0 Å². The smallest absolute Gasteiger partial charge is 0.246 e. The first kappa shape index (κ1) is 20.0. The highest BCUT2D eigenvalue weighted by Crippen LogP contribution is 2.28. The SMILES string of the molecule is CS(=O)(=O)N1CCCC(c2nn(Cc3cccc(F)c3)c(=O)n2-c2cccs2)C1. The number of rotatable bonds is 5. The lowest BCUT2D eigenvalue weighted by Crippen LogP contribution is -2.39. The zero-order valence-corrected chi connectivity index (χ0v) is 17.5. The Morgan fingerprint density at radius 1 is 1.28 bits per heavy atom. The molecule has 2 aromatic heterocycles. The quantitative estimate of drug-likeness (QED) is 0.616. The monoisotopic (exact) mass is 436 g/mol. The fourth-order valence-electron chi connectivity index (χ4n) is 3.66. The molecule has 4 rings (SSSR count). The van der Waals surface area contributed by atoms with Crippen molar-refractivity contribution in [1.29, 1.82) is 0 Å². The van der Waals surface area contributed by atoms with E-state index >= 15 is 0 Å². The molecule has 3 heterocycles. The molecule has 1 aromatic carbocycles. The Morgan fingerprint density at radius 2 is 2.10 bits per heavy atom. The summed E-state index contributed by atoms with van der Waals surface area (Å²) in [5, 5.41) is 7.16. The van der Waals surface area contributed by atoms with Gasteiger partial charge in [-0.3, -0.25) is 0 Å². The first-order valence-corrected chi connectivity index (χ1v) is 12.0. The van der Waals surface area contributed by atoms with E-state index in [0.29, 0.717) is 30.9 Å². The molecule has 1 atom stereocenters. The number of nitrogens with zero attached hydrogens (tertiary/aromatic N) is 4. The zero-order valence-electron chi connectivity index (χ0n) is 15.9. The van der Waals surface area contributed by atoms with Crippen LogP contribution in [0.5, 0.6) is 0 Å². The average molecular weight is 437 g/mol. The maximum absolute atomic E-state index is 13.6. The van der Waals surface area contributed by atoms with Gasteiger partial charge < -0.3 is 0 Å². The maximum Gasteiger partial charge on any atom is 0.351 e. The molecular weight excluding hydrogens is 415 g/mol. The van der Waals surface area contributed by atoms with Gasteiger partial charge in [0.25, 0.3) is 0 Å². The minimum atomic E-state index is -3.32. The highest BCUT2D eigenvalue weighted by Gasteiger charge is 2.31. The predicted molar refractivity (Wildman–Crippen MR) is 110 cm³/mol. The van der Waals surface area contributed by atoms with E-state index in [1.807, 2.05) is 17.5 Å². The van der Waals surface area contributed by atoms with Crippen molar-refractivity contribution in [2.75, 3.05) is 19.3 Å². The molecule has 7 nitrogen and oxygen atoms in total. The van der Waals surface area contributed by atoms with Crippen LogP contribution < -0.4 is 5.69 Å². The first-order valence-electron chi connectivity index (χ1n) is 9.26. The van der Waals surface area contributed by atoms with Crippen LogP contribution in [0, 0.1) is 5.82 Å². The van der Waals surface area contributed by atoms with Crippen molar-refractivity contribution < 1.29 is 12.8 Å². The Bertz CT molecular complexity index is 1170. The highest BCUT2D eigenvalue weighted by molar-refractivity contribution is 7.88. The van der Waals surface area contributed by atoms with Crippen LogP contribution in [0.3, 0.4) is 0 Å². The molecule has 0 radical (unpaired) electrons. The summed E-state index contributed by atoms with van der Waals surface area (Å²) in [7, 11) is -3.32. The molecule has 154 valence electrons. The molecule has 29 heavy (non-hydrogen) atoms. The molecule has 1 saturated heterocycles. The third kappa shape index (κ3) is 4.19. The van der Waals surface area contributed by atoms with Crippen molar-refractivity contribution >= 4 is 21.4 Å². The second kappa shape index (κ2) is 7.85. The van der Waals surface area contributed by atoms with Gasteiger partial charge in [0.15, 0.2) is 0 Å². The highest BCUT2D eigenvalue weighted by atomic mass is 32.2. The first-order chi connectivity index (χ1) is 13.8. The summed E-state index contributed by atoms with van der Waals surface area (Å²) in [5.74, 6) is -0.0197. The van der Waals surface area contributed by atoms with E-state index < -0.39 is 10.0 Å². The second-order valence-electron chi connectivity index (χ2n) is 7.18. The summed E-state index contributed by atoms with van der Waals surface area (Å²) in [6.07, 6.45) is 2.64. The van der Waals surface area contributed by atoms with Crippen molar-refractivity contribution in [1.82, 2.24) is 18.7 Å². The number of hydrogen-bond acceptors (Lipinski definition) is 5. The molecular formula is C19H21FN4O3S2. The molecule has 0 saturated carbocycles. The van der Waals surface area contributed by atoms with Crippen molar-refractivity contribution in [3.05, 3.63) is 69.5 Å². The largest absolute Gasteiger partial charge is 0.351 e. The topological polar surface area (TPSA) is 77.2 Å². The molecule has 0 N–H and O–H groups in total. The number of aromatic nitrogens is 3. The number of hydrogen-bond donors (Lipinski definition) is 0. The van der Waals surface area contributed by atoms with Gasteiger partial charge in [-0.1, -0.05) is 12.1 Å². The molecule has 0 bridgehead atoms. The number of benzene rings is 1. The van der Waals surface area contributed by atoms with Crippen LogP contribution in [0.2, 0.25) is 0 Å². The molecule has 1 unspecified atom stereocenters. The Kier molecular flexibility index (Phi) is 5.41. The lowest BCUT2D eigenvalue weighted by atomic mass is 9.99. The van der Waals surface area contributed by atoms with Gasteiger partial charge in [0.1, 0.15) is 16.6 Å². The van der Waals surface area contributed by atoms with E-state index in [4.69, 9.17) is 0 Å². The van der Waals surface area contributed by atoms with E-state index in [1.165, 1.54) is 38.7 Å². The van der Waals surface area contributed by atoms with Crippen molar-refractivity contribution in [3.8, 4) is 5.00 Å². The number of piperidine rings is 1. The molecule has 0 spiro atoms. The molecule has 10 heteroatoms. The Labute approximate surface area is 172 Å². The fraction of sp³-hybridized carbons (Fsp3) is 0.368. The molecule has 3 aromatic rings. The lowest BCUT2D eigenvalue weighted by Gasteiger charge is -2.30. The van der Waals surface area contributed by atoms with Crippen molar-refractivity contribution in [2.24, 2.45) is 0 Å². The summed E-state index contributed by atoms with van der Waals surface area (Å²) >= 11 is 1.41. The number of halogens is 1. The Balaban J connectivity index is 1.75. The Morgan fingerprint density at radius 3 is 2.79 bits per heavy atom. The predicted octanol–water partition coefficient (Wildman–Crippen LogP) is 2.42. The lowest BCUT2D eigenvalue weighted by molar-refractivity contribution is 0.308. The van der Waals surface area contributed by atoms with E-state index in [-0.39, 0.29) is 24.0 Å². The summed E-state index contributed by atoms with van der Waals surface area (Å²) in [4.78, 5) is 13.1. The molecule has 1 aliphatic rings. The molecule has 0 aliphatic carbocycles. The van der Waals surface area contributed by atoms with Crippen molar-refractivity contribution in [2.45, 2.75) is 25.3 Å². The third-order valence-electron chi connectivity index (χ3n) is 5.03. The molecule has 0 amide bonds. The standard InChI is InChI=1S/C19H21FN4O3S2/c1-29(26,27)22-9-3-6-15(13-22)18-21-23(12-14-5-2-7-16(20)11-14)19(25)24(18)17-8-4-10-28-17/h2,4-5,7-8,10-11,15H,3,6,9,12-13H2,1H3. The van der Waals surface area contributed by atoms with Gasteiger partial charge >= 0.3 is 5.69 Å². The number of thiophene rings is 1. The average Bonchev–Trinajstić information content (AvgIpc) is 3.30. The summed E-state index contributed by atoms with van der Waals surface area (Å²) in [5.41, 5.74) is 0.319. The van der Waals surface area contributed by atoms with Crippen molar-refractivity contribution in [3.63, 3.8) is 0 Å². The van der Waals surface area contributed by atoms with E-state index in [1.54, 1.807) is 16.7 Å². The van der Waals surface area contributed by atoms with Crippen LogP contribution in [0.25, 0.3) is 5.00 Å². The van der Waals surface area contributed by atoms with Gasteiger partial charge in [-0.05, 0) is 48.1 Å². The minimum Gasteiger partial charge on any atom is -0.246 e. The van der Waals surface area contributed by atoms with E-state index in [9.17, 15) is 17.6 Å². The van der Waals surface area contributed by atoms with E-state index in [0.717, 1.165) is 11.4 Å². The summed E-state index contributed by atoms with van der Waals surface area (Å²) in [6.45, 7) is 0.910. The van der Waals surface area contributed by atoms with Gasteiger partial charge in [-0.25, -0.2) is 31.2 Å². The molecule has 1 fully saturated rings. The van der Waals surface area contributed by atoms with Gasteiger partial charge in [-0.2, -0.15) is 5.10 Å². The summed E-state index contributed by atoms with van der Waals surface area (Å²) < 4.78 is 41.9. The minimum absolute atomic E-state index is 0.143.